The fourth-order valence-corrected chi connectivity index (χ4v) is 4.09. The molecule has 0 aromatic heterocycles. The van der Waals surface area contributed by atoms with E-state index in [9.17, 15) is 20.0 Å². The van der Waals surface area contributed by atoms with E-state index < -0.39 is 16.4 Å². The normalized spacial score (nSPS) is 16.5. The van der Waals surface area contributed by atoms with E-state index in [2.05, 4.69) is 4.99 Å². The summed E-state index contributed by atoms with van der Waals surface area (Å²) in [7, 11) is 1.31. The molecule has 9 heteroatoms. The van der Waals surface area contributed by atoms with Crippen molar-refractivity contribution in [1.29, 1.82) is 0 Å². The van der Waals surface area contributed by atoms with Gasteiger partial charge in [-0.2, -0.15) is 0 Å². The maximum absolute atomic E-state index is 12.9. The van der Waals surface area contributed by atoms with Gasteiger partial charge in [0.2, 0.25) is 5.75 Å². The van der Waals surface area contributed by atoms with Gasteiger partial charge in [0.15, 0.2) is 10.9 Å². The molecular formula is C21H21N3O5S. The van der Waals surface area contributed by atoms with Crippen LogP contribution in [0, 0.1) is 10.1 Å². The molecular weight excluding hydrogens is 406 g/mol. The molecule has 30 heavy (non-hydrogen) atoms. The van der Waals surface area contributed by atoms with Crippen LogP contribution in [0.3, 0.4) is 0 Å². The molecule has 1 fully saturated rings. The maximum atomic E-state index is 12.9. The Morgan fingerprint density at radius 3 is 2.67 bits per heavy atom. The Morgan fingerprint density at radius 1 is 1.30 bits per heavy atom. The zero-order valence-electron chi connectivity index (χ0n) is 16.8. The number of hydrogen-bond donors (Lipinski definition) is 1. The number of nitrogens with zero attached hydrogens (tertiary/aromatic N) is 3. The van der Waals surface area contributed by atoms with Crippen LogP contribution in [-0.4, -0.2) is 39.7 Å². The first-order valence-electron chi connectivity index (χ1n) is 9.32. The molecule has 0 atom stereocenters. The molecule has 0 unspecified atom stereocenters. The van der Waals surface area contributed by atoms with Crippen LogP contribution in [0.5, 0.6) is 11.5 Å². The van der Waals surface area contributed by atoms with Crippen molar-refractivity contribution in [3.8, 4) is 11.5 Å². The summed E-state index contributed by atoms with van der Waals surface area (Å²) in [5.74, 6) is -0.821. The van der Waals surface area contributed by atoms with Gasteiger partial charge < -0.3 is 9.84 Å². The van der Waals surface area contributed by atoms with Crippen molar-refractivity contribution in [2.24, 2.45) is 4.99 Å². The lowest BCUT2D eigenvalue weighted by atomic mass is 10.1. The van der Waals surface area contributed by atoms with Gasteiger partial charge in [0, 0.05) is 12.6 Å². The van der Waals surface area contributed by atoms with Crippen molar-refractivity contribution < 1.29 is 19.6 Å². The standard InChI is InChI=1S/C21H21N3O5S/c1-4-14-8-6-7-9-15(14)22-21-23(5-2)20(26)18(30-21)12-13-10-16(24(27)28)19(25)17(11-13)29-3/h6-12,25H,4-5H2,1-3H3/b18-12+,22-21?. The summed E-state index contributed by atoms with van der Waals surface area (Å²) in [6.07, 6.45) is 2.36. The van der Waals surface area contributed by atoms with E-state index in [1.54, 1.807) is 11.0 Å². The number of methoxy groups -OCH3 is 1. The number of ether oxygens (including phenoxy) is 1. The quantitative estimate of drug-likeness (QED) is 0.413. The minimum atomic E-state index is -0.698. The minimum absolute atomic E-state index is 0.0374. The highest BCUT2D eigenvalue weighted by Gasteiger charge is 2.32. The second-order valence-electron chi connectivity index (χ2n) is 6.38. The number of aryl methyl sites for hydroxylation is 1. The number of aromatic hydroxyl groups is 1. The van der Waals surface area contributed by atoms with E-state index >= 15 is 0 Å². The number of thioether (sulfide) groups is 1. The number of likely N-dealkylation sites (N-methyl/N-ethyl adjacent to an activating group) is 1. The second kappa shape index (κ2) is 9.00. The van der Waals surface area contributed by atoms with Crippen LogP contribution in [0.4, 0.5) is 11.4 Å². The van der Waals surface area contributed by atoms with Gasteiger partial charge in [-0.05, 0) is 54.4 Å². The second-order valence-corrected chi connectivity index (χ2v) is 7.39. The fraction of sp³-hybridized carbons (Fsp3) is 0.238. The van der Waals surface area contributed by atoms with E-state index in [1.165, 1.54) is 31.0 Å². The Labute approximate surface area is 178 Å². The summed E-state index contributed by atoms with van der Waals surface area (Å²) in [4.78, 5) is 30.0. The van der Waals surface area contributed by atoms with Crippen molar-refractivity contribution >= 4 is 40.3 Å². The lowest BCUT2D eigenvalue weighted by Crippen LogP contribution is -2.28. The number of carbonyl (C=O) groups is 1. The number of nitro benzene ring substituents is 1. The van der Waals surface area contributed by atoms with Crippen LogP contribution in [0.1, 0.15) is 25.0 Å². The van der Waals surface area contributed by atoms with Crippen molar-refractivity contribution in [2.75, 3.05) is 13.7 Å². The van der Waals surface area contributed by atoms with Crippen molar-refractivity contribution in [2.45, 2.75) is 20.3 Å². The van der Waals surface area contributed by atoms with Gasteiger partial charge in [-0.15, -0.1) is 0 Å². The predicted octanol–water partition coefficient (Wildman–Crippen LogP) is 4.50. The number of carbonyl (C=O) groups excluding carboxylic acids is 1. The van der Waals surface area contributed by atoms with Crippen molar-refractivity contribution in [1.82, 2.24) is 4.90 Å². The Kier molecular flexibility index (Phi) is 6.41. The summed E-state index contributed by atoms with van der Waals surface area (Å²) in [5, 5.41) is 21.7. The molecule has 0 radical (unpaired) electrons. The summed E-state index contributed by atoms with van der Waals surface area (Å²) >= 11 is 1.21. The van der Waals surface area contributed by atoms with Gasteiger partial charge in [-0.3, -0.25) is 19.8 Å². The molecule has 2 aromatic rings. The minimum Gasteiger partial charge on any atom is -0.500 e. The summed E-state index contributed by atoms with van der Waals surface area (Å²) in [6, 6.07) is 10.4. The fourth-order valence-electron chi connectivity index (χ4n) is 3.04. The Balaban J connectivity index is 2.03. The zero-order valence-corrected chi connectivity index (χ0v) is 17.6. The third-order valence-electron chi connectivity index (χ3n) is 4.58. The van der Waals surface area contributed by atoms with Crippen LogP contribution in [0.25, 0.3) is 6.08 Å². The van der Waals surface area contributed by atoms with Gasteiger partial charge in [0.1, 0.15) is 0 Å². The number of nitro groups is 1. The number of amides is 1. The third-order valence-corrected chi connectivity index (χ3v) is 5.59. The highest BCUT2D eigenvalue weighted by molar-refractivity contribution is 8.18. The van der Waals surface area contributed by atoms with Gasteiger partial charge in [0.05, 0.1) is 22.6 Å². The molecule has 1 amide bonds. The van der Waals surface area contributed by atoms with Crippen LogP contribution in [0.2, 0.25) is 0 Å². The average Bonchev–Trinajstić information content (AvgIpc) is 3.03. The Bertz CT molecular complexity index is 1060. The first-order valence-corrected chi connectivity index (χ1v) is 10.1. The highest BCUT2D eigenvalue weighted by atomic mass is 32.2. The molecule has 0 aliphatic carbocycles. The molecule has 1 saturated heterocycles. The van der Waals surface area contributed by atoms with Crippen LogP contribution < -0.4 is 4.74 Å². The van der Waals surface area contributed by atoms with Gasteiger partial charge in [-0.25, -0.2) is 4.99 Å². The topological polar surface area (TPSA) is 105 Å². The molecule has 1 aliphatic rings. The molecule has 8 nitrogen and oxygen atoms in total. The molecule has 0 spiro atoms. The maximum Gasteiger partial charge on any atom is 0.315 e. The zero-order chi connectivity index (χ0) is 21.8. The molecule has 156 valence electrons. The lowest BCUT2D eigenvalue weighted by Gasteiger charge is -2.12. The summed E-state index contributed by atoms with van der Waals surface area (Å²) < 4.78 is 5.03. The number of aliphatic imine (C=N–C) groups is 1. The SMILES string of the molecule is CCc1ccccc1N=C1S/C(=C/c2cc(OC)c(O)c([N+](=O)[O-])c2)C(=O)N1CC. The monoisotopic (exact) mass is 427 g/mol. The van der Waals surface area contributed by atoms with E-state index in [0.29, 0.717) is 22.2 Å². The number of benzene rings is 2. The number of para-hydroxylation sites is 1. The molecule has 1 N–H and O–H groups in total. The van der Waals surface area contributed by atoms with Crippen molar-refractivity contribution in [3.05, 3.63) is 62.5 Å². The van der Waals surface area contributed by atoms with Crippen LogP contribution in [-0.2, 0) is 11.2 Å². The van der Waals surface area contributed by atoms with E-state index in [-0.39, 0.29) is 11.7 Å². The van der Waals surface area contributed by atoms with Gasteiger partial charge in [-0.1, -0.05) is 25.1 Å². The number of hydrogen-bond acceptors (Lipinski definition) is 7. The molecule has 2 aromatic carbocycles. The molecule has 1 heterocycles. The average molecular weight is 427 g/mol. The molecule has 3 rings (SSSR count). The van der Waals surface area contributed by atoms with Gasteiger partial charge >= 0.3 is 5.69 Å². The molecule has 1 aliphatic heterocycles. The van der Waals surface area contributed by atoms with E-state index in [0.717, 1.165) is 17.7 Å². The number of amidine groups is 1. The summed E-state index contributed by atoms with van der Waals surface area (Å²) in [5.41, 5.74) is 1.76. The molecule has 0 bridgehead atoms. The number of phenolic OH excluding ortho intramolecular Hbond substituents is 1. The lowest BCUT2D eigenvalue weighted by molar-refractivity contribution is -0.386. The Hall–Kier alpha value is -3.33. The highest BCUT2D eigenvalue weighted by Crippen LogP contribution is 2.39. The van der Waals surface area contributed by atoms with E-state index in [4.69, 9.17) is 4.74 Å². The van der Waals surface area contributed by atoms with Crippen LogP contribution in [0.15, 0.2) is 46.3 Å². The molecule has 0 saturated carbocycles. The predicted molar refractivity (Wildman–Crippen MR) is 117 cm³/mol. The number of phenols is 1. The Morgan fingerprint density at radius 2 is 2.03 bits per heavy atom. The largest absolute Gasteiger partial charge is 0.500 e. The third kappa shape index (κ3) is 4.16. The van der Waals surface area contributed by atoms with Crippen molar-refractivity contribution in [3.63, 3.8) is 0 Å². The van der Waals surface area contributed by atoms with E-state index in [1.807, 2.05) is 38.1 Å². The number of rotatable bonds is 6. The first-order chi connectivity index (χ1) is 14.4. The summed E-state index contributed by atoms with van der Waals surface area (Å²) in [6.45, 7) is 4.34. The smallest absolute Gasteiger partial charge is 0.315 e. The van der Waals surface area contributed by atoms with Crippen LogP contribution >= 0.6 is 11.8 Å². The van der Waals surface area contributed by atoms with Gasteiger partial charge in [0.25, 0.3) is 5.91 Å². The first kappa shape index (κ1) is 21.4.